The zero-order chi connectivity index (χ0) is 12.3. The summed E-state index contributed by atoms with van der Waals surface area (Å²) >= 11 is 7.41. The molecule has 0 atom stereocenters. The standard InChI is InChI=1S/C13H12ClNOS/c1-9-12(6-7-17-9)15-13(16)8-10-2-4-11(14)5-3-10/h2-7H,8H2,1H3,(H,15,16). The molecule has 1 aromatic heterocycles. The van der Waals surface area contributed by atoms with Gasteiger partial charge in [0.2, 0.25) is 5.91 Å². The summed E-state index contributed by atoms with van der Waals surface area (Å²) in [7, 11) is 0. The number of carbonyl (C=O) groups excluding carboxylic acids is 1. The van der Waals surface area contributed by atoms with E-state index in [9.17, 15) is 4.79 Å². The number of hydrogen-bond donors (Lipinski definition) is 1. The SMILES string of the molecule is Cc1sccc1NC(=O)Cc1ccc(Cl)cc1. The molecule has 0 aliphatic carbocycles. The molecule has 2 nitrogen and oxygen atoms in total. The number of thiophene rings is 1. The first-order valence-electron chi connectivity index (χ1n) is 5.23. The fraction of sp³-hybridized carbons (Fsp3) is 0.154. The van der Waals surface area contributed by atoms with Gasteiger partial charge in [0, 0.05) is 9.90 Å². The number of benzene rings is 1. The van der Waals surface area contributed by atoms with Gasteiger partial charge in [-0.15, -0.1) is 11.3 Å². The molecule has 1 aromatic carbocycles. The van der Waals surface area contributed by atoms with Gasteiger partial charge in [-0.25, -0.2) is 0 Å². The molecule has 17 heavy (non-hydrogen) atoms. The van der Waals surface area contributed by atoms with Crippen LogP contribution in [0.1, 0.15) is 10.4 Å². The zero-order valence-electron chi connectivity index (χ0n) is 9.37. The molecule has 88 valence electrons. The second kappa shape index (κ2) is 5.34. The Labute approximate surface area is 109 Å². The molecule has 1 heterocycles. The number of anilines is 1. The van der Waals surface area contributed by atoms with Gasteiger partial charge in [0.1, 0.15) is 0 Å². The van der Waals surface area contributed by atoms with Gasteiger partial charge in [-0.1, -0.05) is 23.7 Å². The minimum Gasteiger partial charge on any atom is -0.325 e. The molecule has 0 aliphatic rings. The van der Waals surface area contributed by atoms with Crippen LogP contribution in [0.3, 0.4) is 0 Å². The Morgan fingerprint density at radius 1 is 1.29 bits per heavy atom. The summed E-state index contributed by atoms with van der Waals surface area (Å²) in [5, 5.41) is 5.54. The molecule has 0 saturated heterocycles. The first kappa shape index (κ1) is 12.1. The molecular formula is C13H12ClNOS. The Hall–Kier alpha value is -1.32. The van der Waals surface area contributed by atoms with Gasteiger partial charge in [0.25, 0.3) is 0 Å². The van der Waals surface area contributed by atoms with Crippen molar-refractivity contribution in [2.75, 3.05) is 5.32 Å². The maximum Gasteiger partial charge on any atom is 0.228 e. The molecule has 0 aliphatic heterocycles. The number of hydrogen-bond acceptors (Lipinski definition) is 2. The van der Waals surface area contributed by atoms with Crippen LogP contribution in [-0.2, 0) is 11.2 Å². The number of aryl methyl sites for hydroxylation is 1. The summed E-state index contributed by atoms with van der Waals surface area (Å²) in [5.74, 6) is -0.00572. The van der Waals surface area contributed by atoms with E-state index in [1.165, 1.54) is 0 Å². The largest absolute Gasteiger partial charge is 0.325 e. The highest BCUT2D eigenvalue weighted by atomic mass is 35.5. The number of rotatable bonds is 3. The summed E-state index contributed by atoms with van der Waals surface area (Å²) in [6.07, 6.45) is 0.368. The summed E-state index contributed by atoms with van der Waals surface area (Å²) in [5.41, 5.74) is 1.86. The van der Waals surface area contributed by atoms with Crippen molar-refractivity contribution in [2.24, 2.45) is 0 Å². The molecule has 0 bridgehead atoms. The van der Waals surface area contributed by atoms with E-state index in [2.05, 4.69) is 5.32 Å². The van der Waals surface area contributed by atoms with Crippen LogP contribution in [0.25, 0.3) is 0 Å². The third-order valence-electron chi connectivity index (χ3n) is 2.41. The topological polar surface area (TPSA) is 29.1 Å². The minimum atomic E-state index is -0.00572. The maximum atomic E-state index is 11.8. The molecule has 0 radical (unpaired) electrons. The molecule has 2 rings (SSSR count). The predicted molar refractivity (Wildman–Crippen MR) is 72.8 cm³/mol. The highest BCUT2D eigenvalue weighted by molar-refractivity contribution is 7.10. The minimum absolute atomic E-state index is 0.00572. The third kappa shape index (κ3) is 3.32. The Morgan fingerprint density at radius 2 is 2.00 bits per heavy atom. The molecule has 0 unspecified atom stereocenters. The van der Waals surface area contributed by atoms with Crippen LogP contribution in [0.4, 0.5) is 5.69 Å². The second-order valence-electron chi connectivity index (χ2n) is 3.74. The van der Waals surface area contributed by atoms with Gasteiger partial charge >= 0.3 is 0 Å². The summed E-state index contributed by atoms with van der Waals surface area (Å²) in [6, 6.07) is 9.23. The van der Waals surface area contributed by atoms with Crippen LogP contribution >= 0.6 is 22.9 Å². The Balaban J connectivity index is 1.98. The van der Waals surface area contributed by atoms with Gasteiger partial charge in [0.15, 0.2) is 0 Å². The molecule has 0 saturated carbocycles. The highest BCUT2D eigenvalue weighted by Crippen LogP contribution is 2.20. The van der Waals surface area contributed by atoms with Crippen LogP contribution in [0.15, 0.2) is 35.7 Å². The van der Waals surface area contributed by atoms with E-state index < -0.39 is 0 Å². The molecule has 1 N–H and O–H groups in total. The van der Waals surface area contributed by atoms with E-state index in [0.29, 0.717) is 11.4 Å². The van der Waals surface area contributed by atoms with Crippen LogP contribution in [0.2, 0.25) is 5.02 Å². The first-order valence-corrected chi connectivity index (χ1v) is 6.49. The lowest BCUT2D eigenvalue weighted by Crippen LogP contribution is -2.14. The Kier molecular flexibility index (Phi) is 3.82. The lowest BCUT2D eigenvalue weighted by atomic mass is 10.1. The van der Waals surface area contributed by atoms with E-state index in [0.717, 1.165) is 16.1 Å². The van der Waals surface area contributed by atoms with Gasteiger partial charge in [-0.05, 0) is 36.1 Å². The summed E-state index contributed by atoms with van der Waals surface area (Å²) in [6.45, 7) is 1.99. The Bertz CT molecular complexity index is 518. The van der Waals surface area contributed by atoms with Crippen molar-refractivity contribution >= 4 is 34.5 Å². The van der Waals surface area contributed by atoms with Crippen LogP contribution in [0, 0.1) is 6.92 Å². The van der Waals surface area contributed by atoms with Crippen molar-refractivity contribution in [1.82, 2.24) is 0 Å². The lowest BCUT2D eigenvalue weighted by Gasteiger charge is -2.04. The first-order chi connectivity index (χ1) is 8.15. The van der Waals surface area contributed by atoms with Crippen molar-refractivity contribution in [3.05, 3.63) is 51.2 Å². The average Bonchev–Trinajstić information content (AvgIpc) is 2.68. The second-order valence-corrected chi connectivity index (χ2v) is 5.30. The number of carbonyl (C=O) groups is 1. The van der Waals surface area contributed by atoms with Crippen LogP contribution in [0.5, 0.6) is 0 Å². The third-order valence-corrected chi connectivity index (χ3v) is 3.51. The van der Waals surface area contributed by atoms with E-state index >= 15 is 0 Å². The predicted octanol–water partition coefficient (Wildman–Crippen LogP) is 3.89. The molecule has 0 fully saturated rings. The fourth-order valence-electron chi connectivity index (χ4n) is 1.50. The maximum absolute atomic E-state index is 11.8. The zero-order valence-corrected chi connectivity index (χ0v) is 10.9. The van der Waals surface area contributed by atoms with Gasteiger partial charge in [-0.3, -0.25) is 4.79 Å². The van der Waals surface area contributed by atoms with Crippen molar-refractivity contribution in [2.45, 2.75) is 13.3 Å². The van der Waals surface area contributed by atoms with Gasteiger partial charge < -0.3 is 5.32 Å². The number of amides is 1. The van der Waals surface area contributed by atoms with E-state index in [1.807, 2.05) is 30.5 Å². The van der Waals surface area contributed by atoms with E-state index in [-0.39, 0.29) is 5.91 Å². The Morgan fingerprint density at radius 3 is 2.59 bits per heavy atom. The number of halogens is 1. The fourth-order valence-corrected chi connectivity index (χ4v) is 2.28. The highest BCUT2D eigenvalue weighted by Gasteiger charge is 2.06. The normalized spacial score (nSPS) is 10.2. The van der Waals surface area contributed by atoms with Crippen LogP contribution < -0.4 is 5.32 Å². The smallest absolute Gasteiger partial charge is 0.228 e. The van der Waals surface area contributed by atoms with Crippen molar-refractivity contribution in [3.8, 4) is 0 Å². The molecular weight excluding hydrogens is 254 g/mol. The summed E-state index contributed by atoms with van der Waals surface area (Å²) in [4.78, 5) is 12.9. The molecule has 4 heteroatoms. The lowest BCUT2D eigenvalue weighted by molar-refractivity contribution is -0.115. The molecule has 1 amide bonds. The van der Waals surface area contributed by atoms with Gasteiger partial charge in [-0.2, -0.15) is 0 Å². The van der Waals surface area contributed by atoms with Crippen molar-refractivity contribution < 1.29 is 4.79 Å². The quantitative estimate of drug-likeness (QED) is 0.896. The van der Waals surface area contributed by atoms with Crippen molar-refractivity contribution in [1.29, 1.82) is 0 Å². The van der Waals surface area contributed by atoms with Crippen LogP contribution in [-0.4, -0.2) is 5.91 Å². The monoisotopic (exact) mass is 265 g/mol. The molecule has 2 aromatic rings. The number of nitrogens with one attached hydrogen (secondary N) is 1. The average molecular weight is 266 g/mol. The molecule has 0 spiro atoms. The summed E-state index contributed by atoms with van der Waals surface area (Å²) < 4.78 is 0. The van der Waals surface area contributed by atoms with E-state index in [4.69, 9.17) is 11.6 Å². The van der Waals surface area contributed by atoms with Crippen molar-refractivity contribution in [3.63, 3.8) is 0 Å². The van der Waals surface area contributed by atoms with E-state index in [1.54, 1.807) is 23.5 Å². The van der Waals surface area contributed by atoms with Gasteiger partial charge in [0.05, 0.1) is 12.1 Å².